The van der Waals surface area contributed by atoms with Crippen molar-refractivity contribution >= 4 is 24.1 Å². The normalized spacial score (nSPS) is 11.9. The molecule has 0 aromatic rings. The zero-order valence-corrected chi connectivity index (χ0v) is 10.7. The Morgan fingerprint density at radius 2 is 2.12 bits per heavy atom. The van der Waals surface area contributed by atoms with E-state index in [2.05, 4.69) is 12.2 Å². The zero-order chi connectivity index (χ0) is 13.1. The van der Waals surface area contributed by atoms with E-state index in [1.807, 2.05) is 0 Å². The van der Waals surface area contributed by atoms with Crippen LogP contribution in [0.15, 0.2) is 0 Å². The van der Waals surface area contributed by atoms with Crippen LogP contribution in [0.5, 0.6) is 0 Å². The first-order valence-corrected chi connectivity index (χ1v) is 6.37. The SMILES string of the molecule is CCCCCCOC(=O)N[C@H](CC(N)=O)SF. The van der Waals surface area contributed by atoms with Gasteiger partial charge in [-0.05, 0) is 6.42 Å². The van der Waals surface area contributed by atoms with Gasteiger partial charge in [-0.15, -0.1) is 0 Å². The highest BCUT2D eigenvalue weighted by atomic mass is 32.2. The molecule has 0 aliphatic rings. The molecule has 3 N–H and O–H groups in total. The van der Waals surface area contributed by atoms with Crippen molar-refractivity contribution in [2.75, 3.05) is 6.61 Å². The molecule has 0 unspecified atom stereocenters. The summed E-state index contributed by atoms with van der Waals surface area (Å²) in [5.74, 6) is -0.677. The fraction of sp³-hybridized carbons (Fsp3) is 0.800. The van der Waals surface area contributed by atoms with Crippen molar-refractivity contribution in [1.29, 1.82) is 0 Å². The number of carbonyl (C=O) groups excluding carboxylic acids is 2. The number of hydrogen-bond donors (Lipinski definition) is 2. The maximum atomic E-state index is 12.3. The van der Waals surface area contributed by atoms with Crippen molar-refractivity contribution in [1.82, 2.24) is 5.32 Å². The van der Waals surface area contributed by atoms with Crippen molar-refractivity contribution in [2.45, 2.75) is 44.4 Å². The number of nitrogens with two attached hydrogens (primary N) is 1. The molecule has 0 saturated carbocycles. The molecule has 0 heterocycles. The van der Waals surface area contributed by atoms with E-state index in [0.717, 1.165) is 25.7 Å². The monoisotopic (exact) mass is 266 g/mol. The van der Waals surface area contributed by atoms with E-state index < -0.39 is 17.4 Å². The van der Waals surface area contributed by atoms with Crippen molar-refractivity contribution in [3.8, 4) is 0 Å². The average molecular weight is 266 g/mol. The summed E-state index contributed by atoms with van der Waals surface area (Å²) in [6, 6.07) is 0. The van der Waals surface area contributed by atoms with Crippen LogP contribution < -0.4 is 11.1 Å². The number of halogens is 1. The summed E-state index contributed by atoms with van der Waals surface area (Å²) < 4.78 is 17.1. The van der Waals surface area contributed by atoms with Gasteiger partial charge in [-0.3, -0.25) is 4.79 Å². The smallest absolute Gasteiger partial charge is 0.408 e. The van der Waals surface area contributed by atoms with Gasteiger partial charge in [-0.1, -0.05) is 26.2 Å². The molecular weight excluding hydrogens is 247 g/mol. The molecule has 5 nitrogen and oxygen atoms in total. The minimum absolute atomic E-state index is 0.139. The van der Waals surface area contributed by atoms with Crippen LogP contribution in [-0.4, -0.2) is 24.0 Å². The molecule has 0 aliphatic heterocycles. The number of unbranched alkanes of at least 4 members (excludes halogenated alkanes) is 3. The zero-order valence-electron chi connectivity index (χ0n) is 9.91. The van der Waals surface area contributed by atoms with Crippen molar-refractivity contribution in [3.63, 3.8) is 0 Å². The lowest BCUT2D eigenvalue weighted by molar-refractivity contribution is -0.118. The predicted molar refractivity (Wildman–Crippen MR) is 64.9 cm³/mol. The number of nitrogens with one attached hydrogen (secondary N) is 1. The Hall–Kier alpha value is -0.980. The maximum absolute atomic E-state index is 12.3. The lowest BCUT2D eigenvalue weighted by atomic mass is 10.2. The number of primary amides is 1. The van der Waals surface area contributed by atoms with Gasteiger partial charge in [0.05, 0.1) is 25.2 Å². The minimum Gasteiger partial charge on any atom is -0.450 e. The molecule has 0 spiro atoms. The first-order valence-electron chi connectivity index (χ1n) is 5.59. The molecule has 2 amide bonds. The third-order valence-corrected chi connectivity index (χ3v) is 2.50. The third-order valence-electron chi connectivity index (χ3n) is 2.00. The molecule has 7 heteroatoms. The highest BCUT2D eigenvalue weighted by Crippen LogP contribution is 2.12. The molecule has 0 aromatic carbocycles. The number of alkyl carbamates (subject to hydrolysis) is 1. The minimum atomic E-state index is -0.976. The second-order valence-corrected chi connectivity index (χ2v) is 4.34. The van der Waals surface area contributed by atoms with E-state index in [-0.39, 0.29) is 18.6 Å². The summed E-state index contributed by atoms with van der Waals surface area (Å²) in [7, 11) is 0. The first kappa shape index (κ1) is 16.0. The largest absolute Gasteiger partial charge is 0.450 e. The molecule has 0 fully saturated rings. The molecular formula is C10H19FN2O3S. The Balaban J connectivity index is 3.64. The van der Waals surface area contributed by atoms with Gasteiger partial charge in [-0.25, -0.2) is 4.79 Å². The molecule has 1 atom stereocenters. The van der Waals surface area contributed by atoms with Crippen LogP contribution in [0.25, 0.3) is 0 Å². The highest BCUT2D eigenvalue weighted by molar-refractivity contribution is 7.94. The molecule has 100 valence electrons. The topological polar surface area (TPSA) is 81.4 Å². The third kappa shape index (κ3) is 9.92. The van der Waals surface area contributed by atoms with E-state index in [1.165, 1.54) is 0 Å². The van der Waals surface area contributed by atoms with Crippen LogP contribution in [0.2, 0.25) is 0 Å². The Labute approximate surface area is 105 Å². The molecule has 0 rings (SSSR count). The summed E-state index contributed by atoms with van der Waals surface area (Å²) in [6.45, 7) is 2.38. The van der Waals surface area contributed by atoms with E-state index in [4.69, 9.17) is 10.5 Å². The Morgan fingerprint density at radius 1 is 1.41 bits per heavy atom. The summed E-state index contributed by atoms with van der Waals surface area (Å²) in [6.07, 6.45) is 2.99. The molecule has 0 aromatic heterocycles. The van der Waals surface area contributed by atoms with Crippen LogP contribution in [-0.2, 0) is 9.53 Å². The van der Waals surface area contributed by atoms with Crippen LogP contribution in [0, 0.1) is 0 Å². The van der Waals surface area contributed by atoms with Gasteiger partial charge in [0.15, 0.2) is 0 Å². The van der Waals surface area contributed by atoms with Crippen LogP contribution in [0.1, 0.15) is 39.0 Å². The van der Waals surface area contributed by atoms with E-state index in [0.29, 0.717) is 6.61 Å². The van der Waals surface area contributed by atoms with E-state index in [9.17, 15) is 13.5 Å². The van der Waals surface area contributed by atoms with Gasteiger partial charge in [0.25, 0.3) is 0 Å². The summed E-state index contributed by atoms with van der Waals surface area (Å²) in [5.41, 5.74) is 4.89. The van der Waals surface area contributed by atoms with Crippen molar-refractivity contribution < 1.29 is 18.2 Å². The summed E-state index contributed by atoms with van der Waals surface area (Å²) in [5, 5.41) is 1.24. The van der Waals surface area contributed by atoms with Gasteiger partial charge >= 0.3 is 6.09 Å². The molecule has 0 saturated heterocycles. The van der Waals surface area contributed by atoms with Gasteiger partial charge < -0.3 is 15.8 Å². The lowest BCUT2D eigenvalue weighted by Gasteiger charge is -2.12. The van der Waals surface area contributed by atoms with Crippen molar-refractivity contribution in [3.05, 3.63) is 0 Å². The second-order valence-electron chi connectivity index (χ2n) is 3.59. The number of amides is 2. The van der Waals surface area contributed by atoms with Gasteiger partial charge in [-0.2, -0.15) is 3.89 Å². The summed E-state index contributed by atoms with van der Waals surface area (Å²) in [4.78, 5) is 21.7. The number of ether oxygens (including phenoxy) is 1. The predicted octanol–water partition coefficient (Wildman–Crippen LogP) is 2.11. The molecule has 0 bridgehead atoms. The van der Waals surface area contributed by atoms with Gasteiger partial charge in [0.1, 0.15) is 5.37 Å². The van der Waals surface area contributed by atoms with Crippen molar-refractivity contribution in [2.24, 2.45) is 5.73 Å². The Bertz CT molecular complexity index is 242. The molecule has 0 radical (unpaired) electrons. The van der Waals surface area contributed by atoms with Crippen LogP contribution in [0.3, 0.4) is 0 Å². The fourth-order valence-electron chi connectivity index (χ4n) is 1.15. The maximum Gasteiger partial charge on any atom is 0.408 e. The second kappa shape index (κ2) is 10.2. The molecule has 0 aliphatic carbocycles. The quantitative estimate of drug-likeness (QED) is 0.494. The fourth-order valence-corrected chi connectivity index (χ4v) is 1.52. The Morgan fingerprint density at radius 3 is 2.65 bits per heavy atom. The molecule has 17 heavy (non-hydrogen) atoms. The van der Waals surface area contributed by atoms with Gasteiger partial charge in [0.2, 0.25) is 5.91 Å². The number of rotatable bonds is 9. The number of hydrogen-bond acceptors (Lipinski definition) is 4. The first-order chi connectivity index (χ1) is 8.10. The standard InChI is InChI=1S/C10H19FN2O3S/c1-2-3-4-5-6-16-10(15)13-9(17-11)7-8(12)14/h9H,2-7H2,1H3,(H2,12,14)(H,13,15)/t9-/m0/s1. The van der Waals surface area contributed by atoms with E-state index >= 15 is 0 Å². The van der Waals surface area contributed by atoms with Crippen LogP contribution >= 0.6 is 12.1 Å². The van der Waals surface area contributed by atoms with E-state index in [1.54, 1.807) is 0 Å². The van der Waals surface area contributed by atoms with Crippen LogP contribution in [0.4, 0.5) is 8.68 Å². The highest BCUT2D eigenvalue weighted by Gasteiger charge is 2.16. The van der Waals surface area contributed by atoms with Gasteiger partial charge in [0, 0.05) is 0 Å². The summed E-state index contributed by atoms with van der Waals surface area (Å²) >= 11 is -0.139. The number of carbonyl (C=O) groups is 2. The lowest BCUT2D eigenvalue weighted by Crippen LogP contribution is -2.35. The average Bonchev–Trinajstić information content (AvgIpc) is 2.27. The Kier molecular flexibility index (Phi) is 9.60.